The summed E-state index contributed by atoms with van der Waals surface area (Å²) in [5.74, 6) is 2.99. The molecule has 4 heteroatoms. The molecule has 1 aliphatic carbocycles. The molecule has 0 atom stereocenters. The van der Waals surface area contributed by atoms with Crippen LogP contribution < -0.4 is 19.5 Å². The molecular formula is C17H27NO3. The quantitative estimate of drug-likeness (QED) is 0.873. The van der Waals surface area contributed by atoms with E-state index in [4.69, 9.17) is 14.2 Å². The molecule has 1 aromatic carbocycles. The Morgan fingerprint density at radius 3 is 2.19 bits per heavy atom. The third-order valence-corrected chi connectivity index (χ3v) is 4.38. The molecule has 0 heterocycles. The molecule has 1 saturated carbocycles. The Kier molecular flexibility index (Phi) is 5.74. The maximum Gasteiger partial charge on any atom is 0.203 e. The molecule has 1 fully saturated rings. The van der Waals surface area contributed by atoms with E-state index >= 15 is 0 Å². The maximum atomic E-state index is 5.52. The van der Waals surface area contributed by atoms with Crippen molar-refractivity contribution in [2.24, 2.45) is 5.92 Å². The zero-order valence-corrected chi connectivity index (χ0v) is 13.6. The molecule has 4 nitrogen and oxygen atoms in total. The van der Waals surface area contributed by atoms with E-state index in [0.717, 1.165) is 23.8 Å². The number of nitrogens with one attached hydrogen (secondary N) is 1. The minimum Gasteiger partial charge on any atom is -0.493 e. The van der Waals surface area contributed by atoms with Gasteiger partial charge in [-0.1, -0.05) is 13.0 Å². The fourth-order valence-electron chi connectivity index (χ4n) is 3.02. The van der Waals surface area contributed by atoms with Gasteiger partial charge >= 0.3 is 0 Å². The van der Waals surface area contributed by atoms with Gasteiger partial charge < -0.3 is 19.5 Å². The fraction of sp³-hybridized carbons (Fsp3) is 0.647. The van der Waals surface area contributed by atoms with Gasteiger partial charge in [-0.15, -0.1) is 0 Å². The molecule has 0 saturated heterocycles. The summed E-state index contributed by atoms with van der Waals surface area (Å²) in [4.78, 5) is 0. The highest BCUT2D eigenvalue weighted by molar-refractivity contribution is 5.55. The summed E-state index contributed by atoms with van der Waals surface area (Å²) in [5.41, 5.74) is 1.11. The molecule has 2 rings (SSSR count). The third kappa shape index (κ3) is 3.82. The van der Waals surface area contributed by atoms with Crippen LogP contribution in [0.2, 0.25) is 0 Å². The molecule has 0 aliphatic heterocycles. The SMILES string of the molecule is COc1ccc(CNC2CCC(C)CC2)c(OC)c1OC. The van der Waals surface area contributed by atoms with Gasteiger partial charge in [0.2, 0.25) is 5.75 Å². The van der Waals surface area contributed by atoms with Crippen LogP contribution in [-0.4, -0.2) is 27.4 Å². The maximum absolute atomic E-state index is 5.52. The highest BCUT2D eigenvalue weighted by Gasteiger charge is 2.20. The molecule has 0 amide bonds. The smallest absolute Gasteiger partial charge is 0.203 e. The van der Waals surface area contributed by atoms with Gasteiger partial charge in [0, 0.05) is 18.2 Å². The van der Waals surface area contributed by atoms with E-state index < -0.39 is 0 Å². The van der Waals surface area contributed by atoms with Gasteiger partial charge in [-0.25, -0.2) is 0 Å². The standard InChI is InChI=1S/C17H27NO3/c1-12-5-8-14(9-6-12)18-11-13-7-10-15(19-2)17(21-4)16(13)20-3/h7,10,12,14,18H,5-6,8-9,11H2,1-4H3. The van der Waals surface area contributed by atoms with E-state index in [0.29, 0.717) is 17.5 Å². The Balaban J connectivity index is 2.05. The van der Waals surface area contributed by atoms with Gasteiger partial charge in [-0.2, -0.15) is 0 Å². The molecule has 0 unspecified atom stereocenters. The Morgan fingerprint density at radius 1 is 0.952 bits per heavy atom. The first-order valence-electron chi connectivity index (χ1n) is 7.70. The molecule has 0 bridgehead atoms. The number of methoxy groups -OCH3 is 3. The van der Waals surface area contributed by atoms with Crippen LogP contribution in [0.25, 0.3) is 0 Å². The summed E-state index contributed by atoms with van der Waals surface area (Å²) >= 11 is 0. The van der Waals surface area contributed by atoms with Crippen LogP contribution >= 0.6 is 0 Å². The van der Waals surface area contributed by atoms with Gasteiger partial charge in [0.05, 0.1) is 21.3 Å². The van der Waals surface area contributed by atoms with Crippen molar-refractivity contribution in [1.82, 2.24) is 5.32 Å². The summed E-state index contributed by atoms with van der Waals surface area (Å²) in [7, 11) is 4.95. The largest absolute Gasteiger partial charge is 0.493 e. The first-order chi connectivity index (χ1) is 10.2. The molecule has 1 aliphatic rings. The van der Waals surface area contributed by atoms with Crippen LogP contribution in [0.15, 0.2) is 12.1 Å². The normalized spacial score (nSPS) is 21.9. The lowest BCUT2D eigenvalue weighted by Gasteiger charge is -2.27. The van der Waals surface area contributed by atoms with Gasteiger partial charge in [-0.3, -0.25) is 0 Å². The number of benzene rings is 1. The average Bonchev–Trinajstić information content (AvgIpc) is 2.53. The number of ether oxygens (including phenoxy) is 3. The second-order valence-corrected chi connectivity index (χ2v) is 5.83. The first kappa shape index (κ1) is 16.0. The van der Waals surface area contributed by atoms with Crippen LogP contribution in [0.1, 0.15) is 38.2 Å². The monoisotopic (exact) mass is 293 g/mol. The van der Waals surface area contributed by atoms with Crippen molar-refractivity contribution in [3.63, 3.8) is 0 Å². The zero-order valence-electron chi connectivity index (χ0n) is 13.6. The van der Waals surface area contributed by atoms with Crippen molar-refractivity contribution >= 4 is 0 Å². The van der Waals surface area contributed by atoms with Crippen LogP contribution in [0.5, 0.6) is 17.2 Å². The average molecular weight is 293 g/mol. The highest BCUT2D eigenvalue weighted by Crippen LogP contribution is 2.39. The van der Waals surface area contributed by atoms with Crippen molar-refractivity contribution in [1.29, 1.82) is 0 Å². The fourth-order valence-corrected chi connectivity index (χ4v) is 3.02. The predicted molar refractivity (Wildman–Crippen MR) is 84.4 cm³/mol. The Morgan fingerprint density at radius 2 is 1.62 bits per heavy atom. The number of hydrogen-bond donors (Lipinski definition) is 1. The predicted octanol–water partition coefficient (Wildman–Crippen LogP) is 3.38. The van der Waals surface area contributed by atoms with Crippen molar-refractivity contribution in [3.05, 3.63) is 17.7 Å². The van der Waals surface area contributed by atoms with E-state index in [9.17, 15) is 0 Å². The molecule has 21 heavy (non-hydrogen) atoms. The van der Waals surface area contributed by atoms with E-state index in [1.54, 1.807) is 21.3 Å². The van der Waals surface area contributed by atoms with Crippen LogP contribution in [0.3, 0.4) is 0 Å². The van der Waals surface area contributed by atoms with Gasteiger partial charge in [0.25, 0.3) is 0 Å². The first-order valence-corrected chi connectivity index (χ1v) is 7.70. The molecule has 1 aromatic rings. The van der Waals surface area contributed by atoms with Crippen molar-refractivity contribution < 1.29 is 14.2 Å². The van der Waals surface area contributed by atoms with Crippen LogP contribution in [0, 0.1) is 5.92 Å². The summed E-state index contributed by atoms with van der Waals surface area (Å²) in [6.45, 7) is 3.14. The Hall–Kier alpha value is -1.42. The minimum absolute atomic E-state index is 0.610. The zero-order chi connectivity index (χ0) is 15.2. The molecular weight excluding hydrogens is 266 g/mol. The van der Waals surface area contributed by atoms with E-state index in [1.807, 2.05) is 12.1 Å². The van der Waals surface area contributed by atoms with Crippen molar-refractivity contribution in [2.45, 2.75) is 45.2 Å². The lowest BCUT2D eigenvalue weighted by Crippen LogP contribution is -2.32. The van der Waals surface area contributed by atoms with E-state index in [2.05, 4.69) is 12.2 Å². The topological polar surface area (TPSA) is 39.7 Å². The van der Waals surface area contributed by atoms with E-state index in [-0.39, 0.29) is 0 Å². The minimum atomic E-state index is 0.610. The lowest BCUT2D eigenvalue weighted by atomic mass is 9.87. The Bertz CT molecular complexity index is 454. The number of hydrogen-bond acceptors (Lipinski definition) is 4. The lowest BCUT2D eigenvalue weighted by molar-refractivity contribution is 0.301. The van der Waals surface area contributed by atoms with Crippen molar-refractivity contribution in [2.75, 3.05) is 21.3 Å². The molecule has 0 spiro atoms. The summed E-state index contributed by atoms with van der Waals surface area (Å²) in [6, 6.07) is 4.58. The van der Waals surface area contributed by atoms with Crippen LogP contribution in [0.4, 0.5) is 0 Å². The van der Waals surface area contributed by atoms with Gasteiger partial charge in [-0.05, 0) is 37.7 Å². The molecule has 1 N–H and O–H groups in total. The summed E-state index contributed by atoms with van der Waals surface area (Å²) in [6.07, 6.45) is 5.16. The molecule has 118 valence electrons. The highest BCUT2D eigenvalue weighted by atomic mass is 16.5. The number of rotatable bonds is 6. The summed E-state index contributed by atoms with van der Waals surface area (Å²) < 4.78 is 16.3. The second-order valence-electron chi connectivity index (χ2n) is 5.83. The van der Waals surface area contributed by atoms with Gasteiger partial charge in [0.1, 0.15) is 0 Å². The van der Waals surface area contributed by atoms with E-state index in [1.165, 1.54) is 25.7 Å². The van der Waals surface area contributed by atoms with Crippen molar-refractivity contribution in [3.8, 4) is 17.2 Å². The summed E-state index contributed by atoms with van der Waals surface area (Å²) in [5, 5.41) is 3.65. The third-order valence-electron chi connectivity index (χ3n) is 4.38. The Labute approximate surface area is 127 Å². The second kappa shape index (κ2) is 7.55. The molecule has 0 aromatic heterocycles. The van der Waals surface area contributed by atoms with Crippen LogP contribution in [-0.2, 0) is 6.54 Å². The molecule has 0 radical (unpaired) electrons. The van der Waals surface area contributed by atoms with Gasteiger partial charge in [0.15, 0.2) is 11.5 Å².